The zero-order valence-corrected chi connectivity index (χ0v) is 10.4. The van der Waals surface area contributed by atoms with Crippen molar-refractivity contribution in [3.8, 4) is 6.01 Å². The third-order valence-electron chi connectivity index (χ3n) is 3.31. The van der Waals surface area contributed by atoms with E-state index in [2.05, 4.69) is 9.72 Å². The van der Waals surface area contributed by atoms with Gasteiger partial charge in [-0.1, -0.05) is 0 Å². The number of fused-ring (bicyclic) bond motifs is 3. The Labute approximate surface area is 112 Å². The monoisotopic (exact) mass is 284 g/mol. The molecule has 3 rings (SSSR count). The van der Waals surface area contributed by atoms with Crippen LogP contribution in [-0.2, 0) is 9.47 Å². The second kappa shape index (κ2) is 4.54. The average molecular weight is 284 g/mol. The summed E-state index contributed by atoms with van der Waals surface area (Å²) in [7, 11) is 1.17. The first kappa shape index (κ1) is 13.0. The van der Waals surface area contributed by atoms with E-state index < -0.39 is 42.7 Å². The Morgan fingerprint density at radius 1 is 1.60 bits per heavy atom. The average Bonchev–Trinajstić information content (AvgIpc) is 2.93. The van der Waals surface area contributed by atoms with Gasteiger partial charge in [-0.15, -0.1) is 0 Å². The van der Waals surface area contributed by atoms with Gasteiger partial charge in [-0.2, -0.15) is 4.98 Å². The molecule has 0 aromatic carbocycles. The predicted octanol–water partition coefficient (Wildman–Crippen LogP) is -1.96. The summed E-state index contributed by atoms with van der Waals surface area (Å²) in [5.74, 6) is -0.750. The molecule has 2 aliphatic rings. The largest absolute Gasteiger partial charge is 0.464 e. The molecule has 2 aliphatic heterocycles. The summed E-state index contributed by atoms with van der Waals surface area (Å²) in [5.41, 5.74) is -0.745. The SMILES string of the molecule is COC(=O)c1cc(=O)nc2n1[C@@H]1O[C@@H](CO)[C@@H](O)[C@H]1O2. The quantitative estimate of drug-likeness (QED) is 0.601. The van der Waals surface area contributed by atoms with Crippen molar-refractivity contribution in [1.82, 2.24) is 9.55 Å². The summed E-state index contributed by atoms with van der Waals surface area (Å²) in [6.07, 6.45) is -3.61. The Morgan fingerprint density at radius 3 is 3.00 bits per heavy atom. The fraction of sp³-hybridized carbons (Fsp3) is 0.545. The molecule has 0 unspecified atom stereocenters. The van der Waals surface area contributed by atoms with E-state index in [0.717, 1.165) is 6.07 Å². The number of esters is 1. The van der Waals surface area contributed by atoms with Gasteiger partial charge in [0.2, 0.25) is 0 Å². The Hall–Kier alpha value is -1.97. The van der Waals surface area contributed by atoms with Crippen LogP contribution < -0.4 is 10.3 Å². The lowest BCUT2D eigenvalue weighted by Gasteiger charge is -2.15. The number of nitrogens with zero attached hydrogens (tertiary/aromatic N) is 2. The second-order valence-electron chi connectivity index (χ2n) is 4.44. The van der Waals surface area contributed by atoms with Gasteiger partial charge in [0.1, 0.15) is 17.9 Å². The first-order chi connectivity index (χ1) is 9.56. The Kier molecular flexibility index (Phi) is 2.96. The highest BCUT2D eigenvalue weighted by Gasteiger charge is 2.52. The van der Waals surface area contributed by atoms with Gasteiger partial charge >= 0.3 is 12.0 Å². The molecule has 1 aromatic rings. The van der Waals surface area contributed by atoms with Gasteiger partial charge in [0.15, 0.2) is 12.3 Å². The van der Waals surface area contributed by atoms with Crippen molar-refractivity contribution in [2.45, 2.75) is 24.5 Å². The molecular weight excluding hydrogens is 272 g/mol. The number of carbonyl (C=O) groups is 1. The van der Waals surface area contributed by atoms with Crippen LogP contribution in [0.3, 0.4) is 0 Å². The lowest BCUT2D eigenvalue weighted by Crippen LogP contribution is -2.34. The molecule has 0 saturated carbocycles. The molecule has 1 aromatic heterocycles. The van der Waals surface area contributed by atoms with E-state index >= 15 is 0 Å². The summed E-state index contributed by atoms with van der Waals surface area (Å²) < 4.78 is 16.6. The van der Waals surface area contributed by atoms with E-state index in [4.69, 9.17) is 14.6 Å². The molecule has 0 radical (unpaired) electrons. The summed E-state index contributed by atoms with van der Waals surface area (Å²) in [6.45, 7) is -0.395. The number of ether oxygens (including phenoxy) is 3. The number of aliphatic hydroxyl groups excluding tert-OH is 2. The van der Waals surface area contributed by atoms with Crippen molar-refractivity contribution in [2.75, 3.05) is 13.7 Å². The van der Waals surface area contributed by atoms with Crippen molar-refractivity contribution in [3.05, 3.63) is 22.1 Å². The lowest BCUT2D eigenvalue weighted by atomic mass is 10.1. The van der Waals surface area contributed by atoms with Crippen LogP contribution in [0, 0.1) is 0 Å². The van der Waals surface area contributed by atoms with Crippen molar-refractivity contribution >= 4 is 5.97 Å². The maximum absolute atomic E-state index is 11.7. The van der Waals surface area contributed by atoms with Gasteiger partial charge in [0.25, 0.3) is 5.56 Å². The molecule has 0 aliphatic carbocycles. The zero-order valence-electron chi connectivity index (χ0n) is 10.4. The second-order valence-corrected chi connectivity index (χ2v) is 4.44. The Morgan fingerprint density at radius 2 is 2.35 bits per heavy atom. The van der Waals surface area contributed by atoms with Gasteiger partial charge in [-0.3, -0.25) is 9.36 Å². The van der Waals surface area contributed by atoms with Crippen LogP contribution in [0.1, 0.15) is 16.7 Å². The molecule has 9 heteroatoms. The molecule has 20 heavy (non-hydrogen) atoms. The van der Waals surface area contributed by atoms with E-state index in [9.17, 15) is 14.7 Å². The van der Waals surface area contributed by atoms with Crippen LogP contribution >= 0.6 is 0 Å². The van der Waals surface area contributed by atoms with Crippen molar-refractivity contribution in [2.24, 2.45) is 0 Å². The molecule has 0 spiro atoms. The molecule has 2 N–H and O–H groups in total. The van der Waals surface area contributed by atoms with E-state index in [0.29, 0.717) is 0 Å². The van der Waals surface area contributed by atoms with Gasteiger partial charge < -0.3 is 24.4 Å². The zero-order chi connectivity index (χ0) is 14.4. The van der Waals surface area contributed by atoms with Gasteiger partial charge in [-0.25, -0.2) is 4.79 Å². The maximum atomic E-state index is 11.7. The van der Waals surface area contributed by atoms with E-state index in [1.807, 2.05) is 0 Å². The van der Waals surface area contributed by atoms with E-state index in [-0.39, 0.29) is 11.7 Å². The number of aromatic nitrogens is 2. The maximum Gasteiger partial charge on any atom is 0.355 e. The topological polar surface area (TPSA) is 120 Å². The highest BCUT2D eigenvalue weighted by molar-refractivity contribution is 5.87. The number of rotatable bonds is 2. The summed E-state index contributed by atoms with van der Waals surface area (Å²) in [4.78, 5) is 26.8. The van der Waals surface area contributed by atoms with Crippen LogP contribution in [-0.4, -0.2) is 57.8 Å². The smallest absolute Gasteiger partial charge is 0.355 e. The van der Waals surface area contributed by atoms with E-state index in [1.165, 1.54) is 11.7 Å². The van der Waals surface area contributed by atoms with Gasteiger partial charge in [0.05, 0.1) is 13.7 Å². The minimum atomic E-state index is -1.09. The van der Waals surface area contributed by atoms with Crippen LogP contribution in [0.5, 0.6) is 6.01 Å². The number of carbonyl (C=O) groups excluding carboxylic acids is 1. The number of hydrogen-bond donors (Lipinski definition) is 2. The van der Waals surface area contributed by atoms with Crippen molar-refractivity contribution in [1.29, 1.82) is 0 Å². The van der Waals surface area contributed by atoms with Gasteiger partial charge in [0, 0.05) is 6.07 Å². The normalized spacial score (nSPS) is 30.6. The third-order valence-corrected chi connectivity index (χ3v) is 3.31. The first-order valence-electron chi connectivity index (χ1n) is 5.89. The van der Waals surface area contributed by atoms with Gasteiger partial charge in [-0.05, 0) is 0 Å². The van der Waals surface area contributed by atoms with Crippen molar-refractivity contribution in [3.63, 3.8) is 0 Å². The lowest BCUT2D eigenvalue weighted by molar-refractivity contribution is -0.0443. The number of methoxy groups -OCH3 is 1. The van der Waals surface area contributed by atoms with Crippen LogP contribution in [0.2, 0.25) is 0 Å². The number of aliphatic hydroxyl groups is 2. The highest BCUT2D eigenvalue weighted by atomic mass is 16.6. The van der Waals surface area contributed by atoms with Crippen molar-refractivity contribution < 1.29 is 29.2 Å². The molecule has 4 atom stereocenters. The van der Waals surface area contributed by atoms with E-state index in [1.54, 1.807) is 0 Å². The molecule has 108 valence electrons. The standard InChI is InChI=1S/C11H12N2O7/c1-18-10(17)4-2-6(15)12-11-13(4)9-8(20-11)7(16)5(3-14)19-9/h2,5,7-9,14,16H,3H2,1H3/t5-,7+,8+,9+/m0/s1. The predicted molar refractivity (Wildman–Crippen MR) is 61.3 cm³/mol. The summed E-state index contributed by atoms with van der Waals surface area (Å²) in [6, 6.07) is 0.881. The third kappa shape index (κ3) is 1.71. The van der Waals surface area contributed by atoms with Crippen LogP contribution in [0.4, 0.5) is 0 Å². The minimum absolute atomic E-state index is 0.0826. The molecule has 1 fully saturated rings. The van der Waals surface area contributed by atoms with Crippen LogP contribution in [0.25, 0.3) is 0 Å². The molecule has 1 saturated heterocycles. The molecular formula is C11H12N2O7. The number of hydrogen-bond acceptors (Lipinski definition) is 8. The first-order valence-corrected chi connectivity index (χ1v) is 5.89. The fourth-order valence-electron chi connectivity index (χ4n) is 2.39. The molecule has 9 nitrogen and oxygen atoms in total. The molecule has 3 heterocycles. The Bertz CT molecular complexity index is 613. The minimum Gasteiger partial charge on any atom is -0.464 e. The highest BCUT2D eigenvalue weighted by Crippen LogP contribution is 2.39. The fourth-order valence-corrected chi connectivity index (χ4v) is 2.39. The summed E-state index contributed by atoms with van der Waals surface area (Å²) in [5, 5.41) is 19.0. The summed E-state index contributed by atoms with van der Waals surface area (Å²) >= 11 is 0. The molecule has 0 bridgehead atoms. The van der Waals surface area contributed by atoms with Crippen LogP contribution in [0.15, 0.2) is 10.9 Å². The molecule has 0 amide bonds. The Balaban J connectivity index is 2.09.